The molecular weight excluding hydrogens is 436 g/mol. The lowest BCUT2D eigenvalue weighted by Gasteiger charge is -2.40. The van der Waals surface area contributed by atoms with Gasteiger partial charge in [0, 0.05) is 60.7 Å². The number of aryl methyl sites for hydroxylation is 2. The molecule has 0 bridgehead atoms. The summed E-state index contributed by atoms with van der Waals surface area (Å²) >= 11 is 1.59. The maximum atomic E-state index is 13.3. The van der Waals surface area contributed by atoms with Gasteiger partial charge in [0.25, 0.3) is 0 Å². The van der Waals surface area contributed by atoms with Crippen molar-refractivity contribution in [3.05, 3.63) is 28.7 Å². The largest absolute Gasteiger partial charge is 0.350 e. The number of nitrogens with one attached hydrogen (secondary N) is 2. The molecule has 1 saturated carbocycles. The fraction of sp³-hybridized carbons (Fsp3) is 0.625. The Kier molecular flexibility index (Phi) is 7.26. The number of aromatic nitrogens is 3. The molecule has 9 heteroatoms. The average molecular weight is 471 g/mol. The smallest absolute Gasteiger partial charge is 0.224 e. The predicted molar refractivity (Wildman–Crippen MR) is 130 cm³/mol. The number of amides is 2. The molecule has 1 aliphatic carbocycles. The van der Waals surface area contributed by atoms with Crippen molar-refractivity contribution in [2.75, 3.05) is 18.4 Å². The molecule has 2 N–H and O–H groups in total. The third kappa shape index (κ3) is 6.07. The van der Waals surface area contributed by atoms with Gasteiger partial charge >= 0.3 is 0 Å². The molecule has 1 aliphatic heterocycles. The summed E-state index contributed by atoms with van der Waals surface area (Å²) in [5, 5.41) is 7.23. The summed E-state index contributed by atoms with van der Waals surface area (Å²) in [6.07, 6.45) is 9.14. The van der Waals surface area contributed by atoms with Crippen molar-refractivity contribution in [1.29, 1.82) is 0 Å². The lowest BCUT2D eigenvalue weighted by atomic mass is 9.78. The summed E-state index contributed by atoms with van der Waals surface area (Å²) in [5.41, 5.74) is 0.502. The third-order valence-corrected chi connectivity index (χ3v) is 7.44. The number of carbonyl (C=O) groups is 2. The number of piperidine rings is 1. The van der Waals surface area contributed by atoms with Crippen LogP contribution in [0.25, 0.3) is 0 Å². The van der Waals surface area contributed by atoms with Gasteiger partial charge in [-0.2, -0.15) is 0 Å². The minimum absolute atomic E-state index is 0.0511. The summed E-state index contributed by atoms with van der Waals surface area (Å²) in [6.45, 7) is 6.91. The second-order valence-electron chi connectivity index (χ2n) is 9.53. The van der Waals surface area contributed by atoms with Crippen LogP contribution in [0.15, 0.2) is 12.3 Å². The lowest BCUT2D eigenvalue weighted by Crippen LogP contribution is -2.53. The molecule has 8 nitrogen and oxygen atoms in total. The van der Waals surface area contributed by atoms with Gasteiger partial charge in [0.2, 0.25) is 11.8 Å². The van der Waals surface area contributed by atoms with E-state index in [-0.39, 0.29) is 17.7 Å². The van der Waals surface area contributed by atoms with Crippen LogP contribution in [-0.4, -0.2) is 50.3 Å². The molecule has 4 rings (SSSR count). The van der Waals surface area contributed by atoms with Gasteiger partial charge in [-0.25, -0.2) is 15.0 Å². The van der Waals surface area contributed by atoms with Crippen LogP contribution >= 0.6 is 11.3 Å². The molecule has 2 aromatic heterocycles. The molecule has 0 radical (unpaired) electrons. The van der Waals surface area contributed by atoms with Crippen LogP contribution < -0.4 is 10.6 Å². The van der Waals surface area contributed by atoms with Crippen molar-refractivity contribution in [3.63, 3.8) is 0 Å². The second-order valence-corrected chi connectivity index (χ2v) is 10.8. The van der Waals surface area contributed by atoms with Gasteiger partial charge in [-0.15, -0.1) is 11.3 Å². The first-order chi connectivity index (χ1) is 15.8. The monoisotopic (exact) mass is 470 g/mol. The Morgan fingerprint density at radius 3 is 2.67 bits per heavy atom. The number of thiazole rings is 1. The summed E-state index contributed by atoms with van der Waals surface area (Å²) < 4.78 is 0. The fourth-order valence-electron chi connectivity index (χ4n) is 5.12. The highest BCUT2D eigenvalue weighted by Crippen LogP contribution is 2.33. The SMILES string of the molecule is CC(=O)NC1(CC(=O)N2CCCC(c3nc(C)cc(Nc4ncc(C)s4)n3)C2)CCCCC1. The zero-order chi connectivity index (χ0) is 23.4. The van der Waals surface area contributed by atoms with Gasteiger partial charge in [-0.1, -0.05) is 19.3 Å². The molecule has 0 spiro atoms. The van der Waals surface area contributed by atoms with E-state index in [4.69, 9.17) is 9.97 Å². The fourth-order valence-corrected chi connectivity index (χ4v) is 5.80. The Balaban J connectivity index is 1.45. The molecule has 3 heterocycles. The highest BCUT2D eigenvalue weighted by atomic mass is 32.1. The van der Waals surface area contributed by atoms with E-state index < -0.39 is 5.54 Å². The first-order valence-corrected chi connectivity index (χ1v) is 12.8. The Hall–Kier alpha value is -2.55. The molecule has 1 atom stereocenters. The zero-order valence-electron chi connectivity index (χ0n) is 19.8. The lowest BCUT2D eigenvalue weighted by molar-refractivity contribution is -0.135. The second kappa shape index (κ2) is 10.2. The Bertz CT molecular complexity index is 1000. The van der Waals surface area contributed by atoms with Crippen LogP contribution in [0.2, 0.25) is 0 Å². The maximum absolute atomic E-state index is 13.3. The molecule has 1 saturated heterocycles. The van der Waals surface area contributed by atoms with Crippen molar-refractivity contribution in [2.24, 2.45) is 0 Å². The van der Waals surface area contributed by atoms with Gasteiger partial charge in [-0.05, 0) is 39.5 Å². The number of likely N-dealkylation sites (tertiary alicyclic amines) is 1. The van der Waals surface area contributed by atoms with E-state index in [1.54, 1.807) is 18.3 Å². The van der Waals surface area contributed by atoms with Crippen LogP contribution in [0.1, 0.15) is 80.6 Å². The molecule has 2 fully saturated rings. The van der Waals surface area contributed by atoms with E-state index >= 15 is 0 Å². The molecule has 33 heavy (non-hydrogen) atoms. The van der Waals surface area contributed by atoms with E-state index in [0.717, 1.165) is 72.4 Å². The summed E-state index contributed by atoms with van der Waals surface area (Å²) in [5.74, 6) is 1.69. The quantitative estimate of drug-likeness (QED) is 0.655. The van der Waals surface area contributed by atoms with Crippen molar-refractivity contribution in [1.82, 2.24) is 25.2 Å². The first kappa shape index (κ1) is 23.6. The summed E-state index contributed by atoms with van der Waals surface area (Å²) in [6, 6.07) is 1.92. The van der Waals surface area contributed by atoms with Gasteiger partial charge < -0.3 is 15.5 Å². The van der Waals surface area contributed by atoms with Crippen molar-refractivity contribution >= 4 is 34.1 Å². The van der Waals surface area contributed by atoms with E-state index in [9.17, 15) is 9.59 Å². The minimum atomic E-state index is -0.392. The standard InChI is InChI=1S/C24H34N6O2S/c1-16-12-20(28-23-25-14-17(2)33-23)27-22(26-16)19-8-7-11-30(15-19)21(32)13-24(29-18(3)31)9-5-4-6-10-24/h12,14,19H,4-11,13,15H2,1-3H3,(H,29,31)(H,25,26,27,28). The van der Waals surface area contributed by atoms with Gasteiger partial charge in [-0.3, -0.25) is 9.59 Å². The minimum Gasteiger partial charge on any atom is -0.350 e. The molecule has 178 valence electrons. The predicted octanol–water partition coefficient (Wildman–Crippen LogP) is 4.23. The molecule has 2 amide bonds. The van der Waals surface area contributed by atoms with Crippen LogP contribution in [0.4, 0.5) is 10.9 Å². The van der Waals surface area contributed by atoms with Gasteiger partial charge in [0.05, 0.1) is 0 Å². The number of carbonyl (C=O) groups excluding carboxylic acids is 2. The van der Waals surface area contributed by atoms with Crippen molar-refractivity contribution in [2.45, 2.75) is 83.6 Å². The molecular formula is C24H34N6O2S. The van der Waals surface area contributed by atoms with Crippen LogP contribution in [-0.2, 0) is 9.59 Å². The zero-order valence-corrected chi connectivity index (χ0v) is 20.6. The van der Waals surface area contributed by atoms with E-state index in [1.807, 2.05) is 31.0 Å². The number of hydrogen-bond donors (Lipinski definition) is 2. The number of rotatable bonds is 6. The highest BCUT2D eigenvalue weighted by molar-refractivity contribution is 7.15. The molecule has 2 aliphatic rings. The topological polar surface area (TPSA) is 100 Å². The van der Waals surface area contributed by atoms with Crippen LogP contribution in [0.5, 0.6) is 0 Å². The molecule has 1 unspecified atom stereocenters. The van der Waals surface area contributed by atoms with Crippen molar-refractivity contribution in [3.8, 4) is 0 Å². The Morgan fingerprint density at radius 1 is 1.18 bits per heavy atom. The number of nitrogens with zero attached hydrogens (tertiary/aromatic N) is 4. The van der Waals surface area contributed by atoms with Crippen molar-refractivity contribution < 1.29 is 9.59 Å². The van der Waals surface area contributed by atoms with E-state index in [0.29, 0.717) is 13.0 Å². The average Bonchev–Trinajstić information content (AvgIpc) is 3.18. The summed E-state index contributed by atoms with van der Waals surface area (Å²) in [7, 11) is 0. The van der Waals surface area contributed by atoms with Gasteiger partial charge in [0.15, 0.2) is 5.13 Å². The van der Waals surface area contributed by atoms with Crippen LogP contribution in [0, 0.1) is 13.8 Å². The first-order valence-electron chi connectivity index (χ1n) is 11.9. The Morgan fingerprint density at radius 2 is 1.97 bits per heavy atom. The molecule has 2 aromatic rings. The Labute approximate surface area is 199 Å². The summed E-state index contributed by atoms with van der Waals surface area (Å²) in [4.78, 5) is 42.1. The van der Waals surface area contributed by atoms with E-state index in [1.165, 1.54) is 6.42 Å². The third-order valence-electron chi connectivity index (χ3n) is 6.61. The highest BCUT2D eigenvalue weighted by Gasteiger charge is 2.37. The molecule has 0 aromatic carbocycles. The maximum Gasteiger partial charge on any atom is 0.224 e. The number of anilines is 2. The van der Waals surface area contributed by atoms with E-state index in [2.05, 4.69) is 15.6 Å². The normalized spacial score (nSPS) is 20.3. The number of hydrogen-bond acceptors (Lipinski definition) is 7. The van der Waals surface area contributed by atoms with Gasteiger partial charge in [0.1, 0.15) is 11.6 Å². The van der Waals surface area contributed by atoms with Crippen LogP contribution in [0.3, 0.4) is 0 Å².